The molecule has 0 unspecified atom stereocenters. The summed E-state index contributed by atoms with van der Waals surface area (Å²) in [5.41, 5.74) is -1.80. The van der Waals surface area contributed by atoms with Gasteiger partial charge in [-0.25, -0.2) is 0 Å². The van der Waals surface area contributed by atoms with Gasteiger partial charge in [0, 0.05) is 17.7 Å². The number of fused-ring (bicyclic) bond motifs is 1. The summed E-state index contributed by atoms with van der Waals surface area (Å²) in [6, 6.07) is 4.90. The first-order valence-corrected chi connectivity index (χ1v) is 10.6. The predicted octanol–water partition coefficient (Wildman–Crippen LogP) is 1.24. The number of benzene rings is 2. The smallest absolute Gasteiger partial charge is 0.446 e. The highest BCUT2D eigenvalue weighted by molar-refractivity contribution is 7.81. The van der Waals surface area contributed by atoms with Gasteiger partial charge in [0.25, 0.3) is 0 Å². The Hall–Kier alpha value is -3.53. The van der Waals surface area contributed by atoms with Crippen LogP contribution in [0, 0.1) is 0 Å². The molecule has 15 heteroatoms. The molecule has 4 N–H and O–H groups in total. The Morgan fingerprint density at radius 2 is 1.55 bits per heavy atom. The first kappa shape index (κ1) is 22.2. The molecule has 1 heterocycles. The fraction of sp³-hybridized carbons (Fsp3) is 0.0625. The molecule has 166 valence electrons. The Balaban J connectivity index is 2.39. The zero-order valence-electron chi connectivity index (χ0n) is 15.2. The Morgan fingerprint density at radius 1 is 0.903 bits per heavy atom. The largest absolute Gasteiger partial charge is 0.507 e. The van der Waals surface area contributed by atoms with Gasteiger partial charge in [0.05, 0.1) is 7.11 Å². The van der Waals surface area contributed by atoms with Crippen LogP contribution in [0.15, 0.2) is 39.5 Å². The van der Waals surface area contributed by atoms with Gasteiger partial charge in [0.2, 0.25) is 11.2 Å². The monoisotopic (exact) mass is 476 g/mol. The summed E-state index contributed by atoms with van der Waals surface area (Å²) in [6.07, 6.45) is 0. The minimum Gasteiger partial charge on any atom is -0.507 e. The SMILES string of the molecule is COc1cc(O)c2c(=O)c(OS(=O)(=O)O)c(-c3ccc(O)c(OS(=O)(=O)O)c3)oc2c1. The number of methoxy groups -OCH3 is 1. The number of rotatable bonds is 6. The molecule has 31 heavy (non-hydrogen) atoms. The number of aromatic hydroxyl groups is 2. The molecule has 13 nitrogen and oxygen atoms in total. The molecule has 3 rings (SSSR count). The number of ether oxygens (including phenoxy) is 1. The van der Waals surface area contributed by atoms with E-state index in [0.29, 0.717) is 0 Å². The van der Waals surface area contributed by atoms with Crippen LogP contribution >= 0.6 is 0 Å². The molecule has 0 amide bonds. The zero-order valence-corrected chi connectivity index (χ0v) is 16.8. The average Bonchev–Trinajstić information content (AvgIpc) is 2.63. The van der Waals surface area contributed by atoms with Crippen molar-refractivity contribution in [3.05, 3.63) is 40.6 Å². The molecular formula is C16H12O13S2. The lowest BCUT2D eigenvalue weighted by molar-refractivity contribution is 0.371. The molecule has 2 aromatic carbocycles. The minimum atomic E-state index is -5.25. The minimum absolute atomic E-state index is 0.0589. The Labute approximate surface area is 173 Å². The van der Waals surface area contributed by atoms with Crippen molar-refractivity contribution in [2.24, 2.45) is 0 Å². The quantitative estimate of drug-likeness (QED) is 0.370. The predicted molar refractivity (Wildman–Crippen MR) is 102 cm³/mol. The van der Waals surface area contributed by atoms with Crippen molar-refractivity contribution >= 4 is 31.8 Å². The van der Waals surface area contributed by atoms with Crippen molar-refractivity contribution in [1.82, 2.24) is 0 Å². The topological polar surface area (TPSA) is 207 Å². The van der Waals surface area contributed by atoms with Gasteiger partial charge in [-0.1, -0.05) is 0 Å². The molecule has 0 saturated heterocycles. The van der Waals surface area contributed by atoms with Crippen molar-refractivity contribution in [2.75, 3.05) is 7.11 Å². The van der Waals surface area contributed by atoms with E-state index < -0.39 is 60.4 Å². The third kappa shape index (κ3) is 4.80. The van der Waals surface area contributed by atoms with Crippen LogP contribution in [0.2, 0.25) is 0 Å². The first-order valence-electron chi connectivity index (χ1n) is 7.84. The molecule has 0 bridgehead atoms. The van der Waals surface area contributed by atoms with Crippen molar-refractivity contribution < 1.29 is 53.7 Å². The summed E-state index contributed by atoms with van der Waals surface area (Å²) < 4.78 is 81.3. The maximum Gasteiger partial charge on any atom is 0.446 e. The van der Waals surface area contributed by atoms with E-state index in [1.54, 1.807) is 0 Å². The van der Waals surface area contributed by atoms with E-state index in [1.165, 1.54) is 13.2 Å². The molecule has 1 aromatic heterocycles. The third-order valence-electron chi connectivity index (χ3n) is 3.75. The molecule has 0 atom stereocenters. The number of phenols is 2. The highest BCUT2D eigenvalue weighted by Crippen LogP contribution is 2.39. The van der Waals surface area contributed by atoms with Crippen LogP contribution in [-0.4, -0.2) is 43.3 Å². The third-order valence-corrected chi connectivity index (χ3v) is 4.52. The molecule has 0 spiro atoms. The second-order valence-corrected chi connectivity index (χ2v) is 7.86. The van der Waals surface area contributed by atoms with E-state index in [4.69, 9.17) is 18.3 Å². The van der Waals surface area contributed by atoms with Gasteiger partial charge < -0.3 is 27.7 Å². The van der Waals surface area contributed by atoms with E-state index in [1.807, 2.05) is 0 Å². The number of hydrogen-bond donors (Lipinski definition) is 4. The molecule has 0 aliphatic heterocycles. The summed E-state index contributed by atoms with van der Waals surface area (Å²) in [5, 5.41) is 19.3. The Kier molecular flexibility index (Phi) is 5.45. The molecule has 0 aliphatic rings. The van der Waals surface area contributed by atoms with E-state index >= 15 is 0 Å². The highest BCUT2D eigenvalue weighted by atomic mass is 32.3. The van der Waals surface area contributed by atoms with Gasteiger partial charge in [-0.15, -0.1) is 0 Å². The van der Waals surface area contributed by atoms with Gasteiger partial charge in [-0.2, -0.15) is 16.8 Å². The van der Waals surface area contributed by atoms with Gasteiger partial charge in [-0.3, -0.25) is 13.9 Å². The standard InChI is InChI=1S/C16H12O13S2/c1-26-8-5-10(18)13-12(6-8)27-15(16(14(13)19)29-31(23,24)25)7-2-3-9(17)11(4-7)28-30(20,21)22/h2-6,17-18H,1H3,(H,20,21,22)(H,23,24,25). The van der Waals surface area contributed by atoms with Gasteiger partial charge in [0.1, 0.15) is 22.5 Å². The average molecular weight is 476 g/mol. The second-order valence-electron chi connectivity index (χ2n) is 5.81. The molecule has 0 radical (unpaired) electrons. The fourth-order valence-electron chi connectivity index (χ4n) is 2.58. The highest BCUT2D eigenvalue weighted by Gasteiger charge is 2.25. The van der Waals surface area contributed by atoms with E-state index in [0.717, 1.165) is 24.3 Å². The first-order chi connectivity index (χ1) is 14.3. The van der Waals surface area contributed by atoms with Crippen molar-refractivity contribution in [2.45, 2.75) is 0 Å². The summed E-state index contributed by atoms with van der Waals surface area (Å²) in [6.45, 7) is 0. The lowest BCUT2D eigenvalue weighted by Crippen LogP contribution is -2.15. The zero-order chi connectivity index (χ0) is 23.1. The van der Waals surface area contributed by atoms with Crippen molar-refractivity contribution in [3.63, 3.8) is 0 Å². The number of hydrogen-bond acceptors (Lipinski definition) is 11. The molecular weight excluding hydrogens is 464 g/mol. The van der Waals surface area contributed by atoms with E-state index in [2.05, 4.69) is 8.37 Å². The van der Waals surface area contributed by atoms with Crippen LogP contribution in [0.4, 0.5) is 0 Å². The van der Waals surface area contributed by atoms with Crippen molar-refractivity contribution in [1.29, 1.82) is 0 Å². The van der Waals surface area contributed by atoms with Crippen LogP contribution in [-0.2, 0) is 20.8 Å². The van der Waals surface area contributed by atoms with Crippen LogP contribution in [0.3, 0.4) is 0 Å². The summed E-state index contributed by atoms with van der Waals surface area (Å²) in [7, 11) is -9.06. The Bertz CT molecular complexity index is 1450. The maximum atomic E-state index is 12.8. The maximum absolute atomic E-state index is 12.8. The van der Waals surface area contributed by atoms with Crippen LogP contribution in [0.1, 0.15) is 0 Å². The van der Waals surface area contributed by atoms with Crippen LogP contribution in [0.25, 0.3) is 22.3 Å². The lowest BCUT2D eigenvalue weighted by Gasteiger charge is -2.12. The van der Waals surface area contributed by atoms with Gasteiger partial charge in [0.15, 0.2) is 17.3 Å². The fourth-order valence-corrected chi connectivity index (χ4v) is 3.30. The van der Waals surface area contributed by atoms with Crippen LogP contribution in [0.5, 0.6) is 28.7 Å². The molecule has 0 aliphatic carbocycles. The van der Waals surface area contributed by atoms with Crippen LogP contribution < -0.4 is 18.5 Å². The van der Waals surface area contributed by atoms with Gasteiger partial charge >= 0.3 is 20.8 Å². The van der Waals surface area contributed by atoms with Crippen molar-refractivity contribution in [3.8, 4) is 40.1 Å². The Morgan fingerprint density at radius 3 is 2.13 bits per heavy atom. The summed E-state index contributed by atoms with van der Waals surface area (Å²) in [4.78, 5) is 12.8. The summed E-state index contributed by atoms with van der Waals surface area (Å²) in [5.74, 6) is -3.92. The molecule has 3 aromatic rings. The molecule has 0 fully saturated rings. The number of phenolic OH excluding ortho intramolecular Hbond substituents is 2. The van der Waals surface area contributed by atoms with E-state index in [-0.39, 0.29) is 16.9 Å². The second kappa shape index (κ2) is 7.62. The van der Waals surface area contributed by atoms with E-state index in [9.17, 15) is 31.8 Å². The normalized spacial score (nSPS) is 12.0. The summed E-state index contributed by atoms with van der Waals surface area (Å²) >= 11 is 0. The lowest BCUT2D eigenvalue weighted by atomic mass is 10.1. The molecule has 0 saturated carbocycles. The van der Waals surface area contributed by atoms with Gasteiger partial charge in [-0.05, 0) is 18.2 Å².